The van der Waals surface area contributed by atoms with Gasteiger partial charge in [-0.25, -0.2) is 14.8 Å². The second kappa shape index (κ2) is 7.03. The van der Waals surface area contributed by atoms with Gasteiger partial charge in [0, 0.05) is 11.8 Å². The number of hydrogen-bond acceptors (Lipinski definition) is 8. The van der Waals surface area contributed by atoms with Crippen molar-refractivity contribution >= 4 is 39.0 Å². The van der Waals surface area contributed by atoms with E-state index in [2.05, 4.69) is 15.3 Å². The van der Waals surface area contributed by atoms with Crippen LogP contribution in [0.2, 0.25) is 0 Å². The van der Waals surface area contributed by atoms with Crippen LogP contribution < -0.4 is 14.8 Å². The van der Waals surface area contributed by atoms with Gasteiger partial charge in [-0.1, -0.05) is 0 Å². The number of nitrogens with zero attached hydrogens (tertiary/aromatic N) is 2. The number of anilines is 2. The molecule has 27 heavy (non-hydrogen) atoms. The Hall–Kier alpha value is -2.87. The van der Waals surface area contributed by atoms with Crippen molar-refractivity contribution in [2.45, 2.75) is 20.8 Å². The largest absolute Gasteiger partial charge is 0.486 e. The zero-order chi connectivity index (χ0) is 19.0. The first-order valence-corrected chi connectivity index (χ1v) is 9.50. The predicted octanol–water partition coefficient (Wildman–Crippen LogP) is 4.00. The summed E-state index contributed by atoms with van der Waals surface area (Å²) in [5.41, 5.74) is 1.63. The van der Waals surface area contributed by atoms with E-state index in [0.717, 1.165) is 27.2 Å². The summed E-state index contributed by atoms with van der Waals surface area (Å²) < 4.78 is 16.4. The molecule has 3 aromatic rings. The molecule has 0 saturated carbocycles. The van der Waals surface area contributed by atoms with Crippen LogP contribution in [0.5, 0.6) is 11.5 Å². The van der Waals surface area contributed by atoms with Crippen LogP contribution in [-0.2, 0) is 4.74 Å². The van der Waals surface area contributed by atoms with Crippen molar-refractivity contribution in [1.82, 2.24) is 9.97 Å². The summed E-state index contributed by atoms with van der Waals surface area (Å²) in [5.74, 6) is 2.37. The second-order valence-corrected chi connectivity index (χ2v) is 7.06. The highest BCUT2D eigenvalue weighted by Gasteiger charge is 2.21. The molecule has 7 nitrogen and oxygen atoms in total. The maximum absolute atomic E-state index is 12.2. The maximum atomic E-state index is 12.2. The molecule has 0 saturated heterocycles. The average Bonchev–Trinajstić information content (AvgIpc) is 2.98. The van der Waals surface area contributed by atoms with Crippen LogP contribution in [0.1, 0.15) is 28.0 Å². The summed E-state index contributed by atoms with van der Waals surface area (Å²) in [5, 5.41) is 4.15. The second-order valence-electron chi connectivity index (χ2n) is 6.06. The third-order valence-corrected chi connectivity index (χ3v) is 5.33. The standard InChI is InChI=1S/C19H19N3O4S/c1-4-24-19(23)16-10(2)15-17(20-11(3)21-18(15)27-16)22-12-5-6-13-14(9-12)26-8-7-25-13/h5-6,9H,4,7-8H2,1-3H3,(H,20,21,22). The Kier molecular flexibility index (Phi) is 4.57. The lowest BCUT2D eigenvalue weighted by Gasteiger charge is -2.19. The van der Waals surface area contributed by atoms with Crippen molar-refractivity contribution in [3.05, 3.63) is 34.5 Å². The molecule has 0 unspecified atom stereocenters. The van der Waals surface area contributed by atoms with Crippen molar-refractivity contribution in [1.29, 1.82) is 0 Å². The number of esters is 1. The highest BCUT2D eigenvalue weighted by atomic mass is 32.1. The highest BCUT2D eigenvalue weighted by Crippen LogP contribution is 2.37. The molecule has 8 heteroatoms. The summed E-state index contributed by atoms with van der Waals surface area (Å²) in [7, 11) is 0. The van der Waals surface area contributed by atoms with Crippen molar-refractivity contribution < 1.29 is 19.0 Å². The van der Waals surface area contributed by atoms with Crippen LogP contribution in [-0.4, -0.2) is 35.8 Å². The van der Waals surface area contributed by atoms with E-state index in [-0.39, 0.29) is 5.97 Å². The van der Waals surface area contributed by atoms with Gasteiger partial charge in [-0.3, -0.25) is 0 Å². The predicted molar refractivity (Wildman–Crippen MR) is 104 cm³/mol. The van der Waals surface area contributed by atoms with Crippen LogP contribution in [0.15, 0.2) is 18.2 Å². The minimum atomic E-state index is -0.332. The molecule has 0 fully saturated rings. The molecule has 140 valence electrons. The van der Waals surface area contributed by atoms with Gasteiger partial charge >= 0.3 is 5.97 Å². The van der Waals surface area contributed by atoms with Gasteiger partial charge in [0.15, 0.2) is 11.5 Å². The lowest BCUT2D eigenvalue weighted by atomic mass is 10.2. The number of carbonyl (C=O) groups is 1. The van der Waals surface area contributed by atoms with Crippen LogP contribution in [0.3, 0.4) is 0 Å². The van der Waals surface area contributed by atoms with E-state index in [4.69, 9.17) is 14.2 Å². The van der Waals surface area contributed by atoms with Crippen molar-refractivity contribution in [2.24, 2.45) is 0 Å². The van der Waals surface area contributed by atoms with Gasteiger partial charge in [0.2, 0.25) is 0 Å². The SMILES string of the molecule is CCOC(=O)c1sc2nc(C)nc(Nc3ccc4c(c3)OCCO4)c2c1C. The van der Waals surface area contributed by atoms with Gasteiger partial charge in [0.05, 0.1) is 12.0 Å². The Morgan fingerprint density at radius 1 is 1.22 bits per heavy atom. The Balaban J connectivity index is 1.76. The Morgan fingerprint density at radius 3 is 2.78 bits per heavy atom. The average molecular weight is 385 g/mol. The minimum Gasteiger partial charge on any atom is -0.486 e. The number of hydrogen-bond donors (Lipinski definition) is 1. The molecule has 0 radical (unpaired) electrons. The number of nitrogens with one attached hydrogen (secondary N) is 1. The number of thiophene rings is 1. The summed E-state index contributed by atoms with van der Waals surface area (Å²) in [6.45, 7) is 6.92. The van der Waals surface area contributed by atoms with Gasteiger partial charge in [0.25, 0.3) is 0 Å². The van der Waals surface area contributed by atoms with E-state index in [1.54, 1.807) is 6.92 Å². The van der Waals surface area contributed by atoms with Gasteiger partial charge < -0.3 is 19.5 Å². The number of rotatable bonds is 4. The fourth-order valence-electron chi connectivity index (χ4n) is 2.99. The maximum Gasteiger partial charge on any atom is 0.348 e. The third kappa shape index (κ3) is 3.28. The number of fused-ring (bicyclic) bond motifs is 2. The van der Waals surface area contributed by atoms with Crippen molar-refractivity contribution in [3.8, 4) is 11.5 Å². The van der Waals surface area contributed by atoms with E-state index >= 15 is 0 Å². The third-order valence-electron chi connectivity index (χ3n) is 4.17. The number of aromatic nitrogens is 2. The molecule has 0 spiro atoms. The molecule has 1 N–H and O–H groups in total. The topological polar surface area (TPSA) is 82.6 Å². The minimum absolute atomic E-state index is 0.332. The van der Waals surface area contributed by atoms with Gasteiger partial charge in [-0.15, -0.1) is 11.3 Å². The highest BCUT2D eigenvalue weighted by molar-refractivity contribution is 7.20. The van der Waals surface area contributed by atoms with Crippen molar-refractivity contribution in [2.75, 3.05) is 25.1 Å². The molecule has 3 heterocycles. The van der Waals surface area contributed by atoms with Crippen LogP contribution in [0, 0.1) is 13.8 Å². The smallest absolute Gasteiger partial charge is 0.348 e. The molecular formula is C19H19N3O4S. The molecule has 0 aliphatic carbocycles. The van der Waals surface area contributed by atoms with E-state index < -0.39 is 0 Å². The Bertz CT molecular complexity index is 1030. The molecule has 1 aromatic carbocycles. The van der Waals surface area contributed by atoms with E-state index in [9.17, 15) is 4.79 Å². The van der Waals surface area contributed by atoms with E-state index in [1.807, 2.05) is 32.0 Å². The number of ether oxygens (including phenoxy) is 3. The Labute approximate surface area is 160 Å². The molecule has 0 atom stereocenters. The molecule has 0 amide bonds. The fourth-order valence-corrected chi connectivity index (χ4v) is 4.11. The van der Waals surface area contributed by atoms with Crippen LogP contribution >= 0.6 is 11.3 Å². The molecule has 1 aliphatic rings. The summed E-state index contributed by atoms with van der Waals surface area (Å²) >= 11 is 1.32. The van der Waals surface area contributed by atoms with Crippen molar-refractivity contribution in [3.63, 3.8) is 0 Å². The monoisotopic (exact) mass is 385 g/mol. The zero-order valence-electron chi connectivity index (χ0n) is 15.3. The summed E-state index contributed by atoms with van der Waals surface area (Å²) in [4.78, 5) is 22.6. The molecule has 4 rings (SSSR count). The molecule has 0 bridgehead atoms. The first kappa shape index (κ1) is 17.5. The number of benzene rings is 1. The van der Waals surface area contributed by atoms with Gasteiger partial charge in [-0.05, 0) is 38.5 Å². The lowest BCUT2D eigenvalue weighted by Crippen LogP contribution is -2.15. The lowest BCUT2D eigenvalue weighted by molar-refractivity contribution is 0.0531. The first-order valence-electron chi connectivity index (χ1n) is 8.68. The molecule has 1 aliphatic heterocycles. The number of aryl methyl sites for hydroxylation is 2. The van der Waals surface area contributed by atoms with Crippen LogP contribution in [0.25, 0.3) is 10.2 Å². The zero-order valence-corrected chi connectivity index (χ0v) is 16.1. The summed E-state index contributed by atoms with van der Waals surface area (Å²) in [6, 6.07) is 5.66. The normalized spacial score (nSPS) is 12.9. The Morgan fingerprint density at radius 2 is 2.00 bits per heavy atom. The quantitative estimate of drug-likeness (QED) is 0.680. The summed E-state index contributed by atoms with van der Waals surface area (Å²) in [6.07, 6.45) is 0. The van der Waals surface area contributed by atoms with Gasteiger partial charge in [0.1, 0.15) is 34.6 Å². The van der Waals surface area contributed by atoms with E-state index in [0.29, 0.717) is 42.1 Å². The number of carbonyl (C=O) groups excluding carboxylic acids is 1. The molecular weight excluding hydrogens is 366 g/mol. The molecule has 2 aromatic heterocycles. The van der Waals surface area contributed by atoms with E-state index in [1.165, 1.54) is 11.3 Å². The van der Waals surface area contributed by atoms with Crippen LogP contribution in [0.4, 0.5) is 11.5 Å². The first-order chi connectivity index (χ1) is 13.1. The van der Waals surface area contributed by atoms with Gasteiger partial charge in [-0.2, -0.15) is 0 Å². The fraction of sp³-hybridized carbons (Fsp3) is 0.316.